The Morgan fingerprint density at radius 3 is 2.38 bits per heavy atom. The van der Waals surface area contributed by atoms with E-state index >= 15 is 0 Å². The first-order valence-electron chi connectivity index (χ1n) is 7.72. The molecule has 1 atom stereocenters. The summed E-state index contributed by atoms with van der Waals surface area (Å²) in [5.41, 5.74) is 1.19. The third kappa shape index (κ3) is 6.63. The van der Waals surface area contributed by atoms with Crippen LogP contribution in [0.5, 0.6) is 5.75 Å². The van der Waals surface area contributed by atoms with E-state index in [0.717, 1.165) is 13.0 Å². The van der Waals surface area contributed by atoms with Gasteiger partial charge in [-0.25, -0.2) is 4.79 Å². The first-order valence-corrected chi connectivity index (χ1v) is 7.72. The number of nitrogens with one attached hydrogen (secondary N) is 1. The quantitative estimate of drug-likeness (QED) is 0.710. The van der Waals surface area contributed by atoms with Gasteiger partial charge < -0.3 is 14.8 Å². The second kappa shape index (κ2) is 9.40. The molecule has 0 spiro atoms. The highest BCUT2D eigenvalue weighted by atomic mass is 16.6. The third-order valence-corrected chi connectivity index (χ3v) is 3.02. The van der Waals surface area contributed by atoms with E-state index < -0.39 is 6.10 Å². The van der Waals surface area contributed by atoms with Gasteiger partial charge in [0.25, 0.3) is 0 Å². The molecule has 0 fully saturated rings. The van der Waals surface area contributed by atoms with Gasteiger partial charge in [-0.15, -0.1) is 0 Å². The van der Waals surface area contributed by atoms with Crippen molar-refractivity contribution in [2.75, 3.05) is 6.61 Å². The summed E-state index contributed by atoms with van der Waals surface area (Å²) < 4.78 is 10.8. The van der Waals surface area contributed by atoms with Gasteiger partial charge >= 0.3 is 5.97 Å². The summed E-state index contributed by atoms with van der Waals surface area (Å²) in [6.07, 6.45) is 1.02. The normalized spacial score (nSPS) is 12.2. The Morgan fingerprint density at radius 1 is 1.19 bits per heavy atom. The molecule has 0 saturated heterocycles. The van der Waals surface area contributed by atoms with Gasteiger partial charge in [0.05, 0.1) is 6.61 Å². The van der Waals surface area contributed by atoms with Gasteiger partial charge in [-0.2, -0.15) is 0 Å². The van der Waals surface area contributed by atoms with E-state index in [0.29, 0.717) is 24.8 Å². The molecule has 0 aliphatic carbocycles. The molecule has 1 N–H and O–H groups in total. The lowest BCUT2D eigenvalue weighted by atomic mass is 10.2. The van der Waals surface area contributed by atoms with Crippen molar-refractivity contribution in [3.63, 3.8) is 0 Å². The maximum Gasteiger partial charge on any atom is 0.347 e. The number of rotatable bonds is 9. The molecule has 1 aromatic carbocycles. The zero-order valence-corrected chi connectivity index (χ0v) is 13.5. The lowest BCUT2D eigenvalue weighted by molar-refractivity contribution is -0.151. The maximum atomic E-state index is 11.8. The molecule has 118 valence electrons. The van der Waals surface area contributed by atoms with Crippen molar-refractivity contribution in [3.8, 4) is 5.75 Å². The van der Waals surface area contributed by atoms with Gasteiger partial charge in [-0.3, -0.25) is 0 Å². The van der Waals surface area contributed by atoms with Crippen LogP contribution in [0.25, 0.3) is 0 Å². The van der Waals surface area contributed by atoms with Crippen LogP contribution in [0.4, 0.5) is 0 Å². The zero-order valence-electron chi connectivity index (χ0n) is 13.5. The van der Waals surface area contributed by atoms with Crippen molar-refractivity contribution >= 4 is 5.97 Å². The van der Waals surface area contributed by atoms with Crippen LogP contribution in [0, 0.1) is 0 Å². The van der Waals surface area contributed by atoms with Gasteiger partial charge in [-0.05, 0) is 31.0 Å². The van der Waals surface area contributed by atoms with Crippen LogP contribution in [-0.2, 0) is 16.1 Å². The molecule has 0 aliphatic rings. The van der Waals surface area contributed by atoms with Crippen molar-refractivity contribution in [1.82, 2.24) is 5.32 Å². The molecule has 4 nitrogen and oxygen atoms in total. The molecule has 0 saturated carbocycles. The van der Waals surface area contributed by atoms with Crippen molar-refractivity contribution in [1.29, 1.82) is 0 Å². The fourth-order valence-corrected chi connectivity index (χ4v) is 1.89. The Balaban J connectivity index is 2.60. The summed E-state index contributed by atoms with van der Waals surface area (Å²) in [5.74, 6) is 0.416. The highest BCUT2D eigenvalue weighted by Gasteiger charge is 2.20. The third-order valence-electron chi connectivity index (χ3n) is 3.02. The Hall–Kier alpha value is -1.55. The number of carbonyl (C=O) groups is 1. The zero-order chi connectivity index (χ0) is 15.7. The molecule has 0 aliphatic heterocycles. The molecule has 0 radical (unpaired) electrons. The van der Waals surface area contributed by atoms with E-state index in [2.05, 4.69) is 19.2 Å². The van der Waals surface area contributed by atoms with Crippen molar-refractivity contribution in [2.45, 2.75) is 59.2 Å². The largest absolute Gasteiger partial charge is 0.479 e. The number of esters is 1. The van der Waals surface area contributed by atoms with Gasteiger partial charge in [0.2, 0.25) is 0 Å². The number of hydrogen-bond acceptors (Lipinski definition) is 4. The second-order valence-corrected chi connectivity index (χ2v) is 5.33. The van der Waals surface area contributed by atoms with E-state index in [1.54, 1.807) is 6.92 Å². The van der Waals surface area contributed by atoms with E-state index in [1.165, 1.54) is 5.56 Å². The van der Waals surface area contributed by atoms with Gasteiger partial charge in [0.15, 0.2) is 6.10 Å². The minimum absolute atomic E-state index is 0.287. The van der Waals surface area contributed by atoms with Crippen LogP contribution in [0.15, 0.2) is 24.3 Å². The summed E-state index contributed by atoms with van der Waals surface area (Å²) in [4.78, 5) is 11.8. The molecular formula is C17H27NO3. The van der Waals surface area contributed by atoms with Crippen LogP contribution in [0.2, 0.25) is 0 Å². The summed E-state index contributed by atoms with van der Waals surface area (Å²) in [5, 5.41) is 3.36. The van der Waals surface area contributed by atoms with Gasteiger partial charge in [-0.1, -0.05) is 39.3 Å². The number of ether oxygens (including phenoxy) is 2. The molecule has 1 rings (SSSR count). The average Bonchev–Trinajstić information content (AvgIpc) is 2.46. The highest BCUT2D eigenvalue weighted by Crippen LogP contribution is 2.16. The van der Waals surface area contributed by atoms with E-state index in [-0.39, 0.29) is 5.97 Å². The van der Waals surface area contributed by atoms with E-state index in [9.17, 15) is 4.79 Å². The predicted molar refractivity (Wildman–Crippen MR) is 84.4 cm³/mol. The van der Waals surface area contributed by atoms with Crippen LogP contribution in [-0.4, -0.2) is 24.7 Å². The molecule has 1 aromatic rings. The number of carbonyl (C=O) groups excluding carboxylic acids is 1. The monoisotopic (exact) mass is 293 g/mol. The fraction of sp³-hybridized carbons (Fsp3) is 0.588. The molecule has 1 unspecified atom stereocenters. The van der Waals surface area contributed by atoms with Crippen molar-refractivity contribution in [2.24, 2.45) is 0 Å². The Labute approximate surface area is 127 Å². The molecule has 21 heavy (non-hydrogen) atoms. The highest BCUT2D eigenvalue weighted by molar-refractivity contribution is 5.75. The number of hydrogen-bond donors (Lipinski definition) is 1. The molecule has 0 bridgehead atoms. The summed E-state index contributed by atoms with van der Waals surface area (Å²) in [6.45, 7) is 9.27. The van der Waals surface area contributed by atoms with Gasteiger partial charge in [0.1, 0.15) is 5.75 Å². The molecule has 4 heteroatoms. The fourth-order valence-electron chi connectivity index (χ4n) is 1.89. The lowest BCUT2D eigenvalue weighted by Crippen LogP contribution is -2.29. The van der Waals surface area contributed by atoms with E-state index in [1.807, 2.05) is 31.2 Å². The lowest BCUT2D eigenvalue weighted by Gasteiger charge is -2.17. The van der Waals surface area contributed by atoms with Crippen LogP contribution < -0.4 is 10.1 Å². The van der Waals surface area contributed by atoms with Crippen LogP contribution in [0.1, 0.15) is 46.1 Å². The Kier molecular flexibility index (Phi) is 7.83. The standard InChI is InChI=1S/C17H27NO3/c1-5-7-16(17(19)20-6-2)21-15-10-8-14(9-11-15)12-18-13(3)4/h8-11,13,16,18H,5-7,12H2,1-4H3. The summed E-state index contributed by atoms with van der Waals surface area (Å²) in [7, 11) is 0. The average molecular weight is 293 g/mol. The number of benzene rings is 1. The minimum Gasteiger partial charge on any atom is -0.479 e. The van der Waals surface area contributed by atoms with Crippen molar-refractivity contribution < 1.29 is 14.3 Å². The molecule has 0 amide bonds. The van der Waals surface area contributed by atoms with Crippen LogP contribution in [0.3, 0.4) is 0 Å². The molecular weight excluding hydrogens is 266 g/mol. The van der Waals surface area contributed by atoms with Crippen molar-refractivity contribution in [3.05, 3.63) is 29.8 Å². The first kappa shape index (κ1) is 17.5. The Bertz CT molecular complexity index is 415. The van der Waals surface area contributed by atoms with Crippen LogP contribution >= 0.6 is 0 Å². The summed E-state index contributed by atoms with van der Waals surface area (Å²) >= 11 is 0. The Morgan fingerprint density at radius 2 is 1.86 bits per heavy atom. The minimum atomic E-state index is -0.519. The maximum absolute atomic E-state index is 11.8. The smallest absolute Gasteiger partial charge is 0.347 e. The summed E-state index contributed by atoms with van der Waals surface area (Å²) in [6, 6.07) is 8.29. The first-order chi connectivity index (χ1) is 10.1. The SMILES string of the molecule is CCCC(Oc1ccc(CNC(C)C)cc1)C(=O)OCC. The van der Waals surface area contributed by atoms with E-state index in [4.69, 9.17) is 9.47 Å². The predicted octanol–water partition coefficient (Wildman–Crippen LogP) is 3.30. The molecule has 0 aromatic heterocycles. The second-order valence-electron chi connectivity index (χ2n) is 5.33. The van der Waals surface area contributed by atoms with Gasteiger partial charge in [0, 0.05) is 12.6 Å². The molecule has 0 heterocycles. The topological polar surface area (TPSA) is 47.6 Å².